The van der Waals surface area contributed by atoms with E-state index < -0.39 is 10.0 Å². The topological polar surface area (TPSA) is 118 Å². The van der Waals surface area contributed by atoms with E-state index in [0.29, 0.717) is 11.4 Å². The number of nitrogens with two attached hydrogens (primary N) is 1. The third-order valence-corrected chi connectivity index (χ3v) is 5.62. The summed E-state index contributed by atoms with van der Waals surface area (Å²) in [6, 6.07) is 22.2. The maximum Gasteiger partial charge on any atom is 0.238 e. The molecule has 0 spiro atoms. The predicted octanol–water partition coefficient (Wildman–Crippen LogP) is 3.05. The molecule has 7 nitrogen and oxygen atoms in total. The molecule has 0 atom stereocenters. The van der Waals surface area contributed by atoms with Crippen LogP contribution in [0.4, 0.5) is 0 Å². The van der Waals surface area contributed by atoms with E-state index in [0.717, 1.165) is 22.4 Å². The number of primary sulfonamides is 1. The van der Waals surface area contributed by atoms with Crippen LogP contribution in [0.2, 0.25) is 0 Å². The van der Waals surface area contributed by atoms with Crippen molar-refractivity contribution in [2.45, 2.75) is 11.5 Å². The summed E-state index contributed by atoms with van der Waals surface area (Å²) >= 11 is 0. The number of aliphatic hydroxyl groups excluding tert-OH is 1. The van der Waals surface area contributed by atoms with E-state index in [2.05, 4.69) is 5.10 Å². The van der Waals surface area contributed by atoms with Crippen LogP contribution in [0.15, 0.2) is 83.8 Å². The zero-order valence-corrected chi connectivity index (χ0v) is 16.6. The largest absolute Gasteiger partial charge is 0.508 e. The van der Waals surface area contributed by atoms with Crippen LogP contribution in [0.3, 0.4) is 0 Å². The van der Waals surface area contributed by atoms with Crippen molar-refractivity contribution in [2.75, 3.05) is 0 Å². The van der Waals surface area contributed by atoms with Crippen molar-refractivity contribution in [3.05, 3.63) is 84.4 Å². The van der Waals surface area contributed by atoms with Crippen molar-refractivity contribution in [3.8, 4) is 34.0 Å². The fourth-order valence-electron chi connectivity index (χ4n) is 3.15. The van der Waals surface area contributed by atoms with Gasteiger partial charge in [0.1, 0.15) is 5.75 Å². The third kappa shape index (κ3) is 3.97. The number of aromatic nitrogens is 2. The van der Waals surface area contributed by atoms with Gasteiger partial charge in [-0.25, -0.2) is 18.2 Å². The molecular weight excluding hydrogens is 402 g/mol. The first-order valence-corrected chi connectivity index (χ1v) is 10.6. The maximum absolute atomic E-state index is 11.6. The molecule has 1 heterocycles. The van der Waals surface area contributed by atoms with Gasteiger partial charge in [-0.05, 0) is 48.0 Å². The van der Waals surface area contributed by atoms with E-state index in [4.69, 9.17) is 5.14 Å². The molecule has 0 unspecified atom stereocenters. The highest BCUT2D eigenvalue weighted by Crippen LogP contribution is 2.30. The first-order chi connectivity index (χ1) is 14.3. The summed E-state index contributed by atoms with van der Waals surface area (Å²) in [6.07, 6.45) is 0. The highest BCUT2D eigenvalue weighted by Gasteiger charge is 2.15. The molecule has 8 heteroatoms. The molecule has 0 fully saturated rings. The van der Waals surface area contributed by atoms with E-state index in [9.17, 15) is 18.6 Å². The number of benzene rings is 3. The number of aliphatic hydroxyl groups is 1. The molecular formula is C22H19N3O4S. The van der Waals surface area contributed by atoms with Crippen LogP contribution in [-0.2, 0) is 16.6 Å². The maximum atomic E-state index is 11.6. The second kappa shape index (κ2) is 7.75. The molecule has 0 saturated carbocycles. The average molecular weight is 421 g/mol. The van der Waals surface area contributed by atoms with Crippen molar-refractivity contribution >= 4 is 10.0 Å². The van der Waals surface area contributed by atoms with Crippen LogP contribution in [0.1, 0.15) is 5.56 Å². The molecule has 0 aliphatic heterocycles. The smallest absolute Gasteiger partial charge is 0.238 e. The summed E-state index contributed by atoms with van der Waals surface area (Å²) in [5.41, 5.74) is 4.44. The average Bonchev–Trinajstić information content (AvgIpc) is 3.19. The molecule has 4 aromatic rings. The monoisotopic (exact) mass is 421 g/mol. The second-order valence-corrected chi connectivity index (χ2v) is 8.33. The molecule has 0 radical (unpaired) electrons. The predicted molar refractivity (Wildman–Crippen MR) is 113 cm³/mol. The van der Waals surface area contributed by atoms with Gasteiger partial charge in [-0.1, -0.05) is 36.4 Å². The Morgan fingerprint density at radius 1 is 0.900 bits per heavy atom. The van der Waals surface area contributed by atoms with E-state index in [-0.39, 0.29) is 17.3 Å². The van der Waals surface area contributed by atoms with E-state index >= 15 is 0 Å². The van der Waals surface area contributed by atoms with Gasteiger partial charge in [0.2, 0.25) is 10.0 Å². The van der Waals surface area contributed by atoms with Crippen LogP contribution < -0.4 is 5.14 Å². The van der Waals surface area contributed by atoms with Crippen LogP contribution in [0.25, 0.3) is 28.2 Å². The molecule has 4 N–H and O–H groups in total. The Morgan fingerprint density at radius 2 is 1.60 bits per heavy atom. The summed E-state index contributed by atoms with van der Waals surface area (Å²) in [5.74, 6) is 0.133. The Labute approximate surface area is 173 Å². The van der Waals surface area contributed by atoms with Crippen LogP contribution in [0.5, 0.6) is 5.75 Å². The number of phenolic OH excluding ortho intramolecular Hbond substituents is 1. The standard InChI is InChI=1S/C22H19N3O4S/c23-30(28,29)20-10-8-18(9-11-20)25-22(16-6-4-15(14-26)5-7-16)13-21(24-25)17-2-1-3-19(27)12-17/h1-13,26-27H,14H2,(H2,23,28,29). The van der Waals surface area contributed by atoms with Gasteiger partial charge in [0.25, 0.3) is 0 Å². The Hall–Kier alpha value is -3.46. The van der Waals surface area contributed by atoms with Gasteiger partial charge in [-0.2, -0.15) is 5.10 Å². The molecule has 0 aliphatic carbocycles. The SMILES string of the molecule is NS(=O)(=O)c1ccc(-n2nc(-c3cccc(O)c3)cc2-c2ccc(CO)cc2)cc1. The Balaban J connectivity index is 1.86. The number of hydrogen-bond acceptors (Lipinski definition) is 5. The Morgan fingerprint density at radius 3 is 2.20 bits per heavy atom. The molecule has 1 aromatic heterocycles. The zero-order valence-electron chi connectivity index (χ0n) is 15.8. The first kappa shape index (κ1) is 19.8. The fraction of sp³-hybridized carbons (Fsp3) is 0.0455. The van der Waals surface area contributed by atoms with Crippen molar-refractivity contribution in [2.24, 2.45) is 5.14 Å². The van der Waals surface area contributed by atoms with Crippen LogP contribution in [-0.4, -0.2) is 28.4 Å². The molecule has 30 heavy (non-hydrogen) atoms. The lowest BCUT2D eigenvalue weighted by molar-refractivity contribution is 0.282. The summed E-state index contributed by atoms with van der Waals surface area (Å²) in [7, 11) is -3.80. The third-order valence-electron chi connectivity index (χ3n) is 4.69. The zero-order chi connectivity index (χ0) is 21.3. The van der Waals surface area contributed by atoms with Gasteiger partial charge in [-0.15, -0.1) is 0 Å². The number of nitrogens with zero attached hydrogens (tertiary/aromatic N) is 2. The molecule has 3 aromatic carbocycles. The van der Waals surface area contributed by atoms with Gasteiger partial charge in [0.05, 0.1) is 28.6 Å². The molecule has 4 rings (SSSR count). The highest BCUT2D eigenvalue weighted by molar-refractivity contribution is 7.89. The quantitative estimate of drug-likeness (QED) is 0.458. The minimum atomic E-state index is -3.80. The fourth-order valence-corrected chi connectivity index (χ4v) is 3.66. The Bertz CT molecular complexity index is 1300. The van der Waals surface area contributed by atoms with Gasteiger partial charge >= 0.3 is 0 Å². The molecule has 0 saturated heterocycles. The number of sulfonamides is 1. The van der Waals surface area contributed by atoms with Gasteiger partial charge in [0.15, 0.2) is 0 Å². The lowest BCUT2D eigenvalue weighted by Crippen LogP contribution is -2.12. The number of hydrogen-bond donors (Lipinski definition) is 3. The van der Waals surface area contributed by atoms with Crippen molar-refractivity contribution in [3.63, 3.8) is 0 Å². The minimum Gasteiger partial charge on any atom is -0.508 e. The summed E-state index contributed by atoms with van der Waals surface area (Å²) in [6.45, 7) is -0.0525. The normalized spacial score (nSPS) is 11.5. The van der Waals surface area contributed by atoms with Crippen LogP contribution >= 0.6 is 0 Å². The number of rotatable bonds is 5. The highest BCUT2D eigenvalue weighted by atomic mass is 32.2. The second-order valence-electron chi connectivity index (χ2n) is 6.77. The lowest BCUT2D eigenvalue weighted by Gasteiger charge is -2.09. The van der Waals surface area contributed by atoms with Gasteiger partial charge in [0, 0.05) is 11.1 Å². The minimum absolute atomic E-state index is 0.0143. The summed E-state index contributed by atoms with van der Waals surface area (Å²) in [4.78, 5) is 0.0143. The number of phenols is 1. The number of aromatic hydroxyl groups is 1. The van der Waals surface area contributed by atoms with E-state index in [1.807, 2.05) is 36.4 Å². The molecule has 0 bridgehead atoms. The molecule has 0 aliphatic rings. The van der Waals surface area contributed by atoms with Crippen molar-refractivity contribution < 1.29 is 18.6 Å². The lowest BCUT2D eigenvalue weighted by atomic mass is 10.1. The summed E-state index contributed by atoms with van der Waals surface area (Å²) < 4.78 is 24.8. The van der Waals surface area contributed by atoms with Crippen molar-refractivity contribution in [1.29, 1.82) is 0 Å². The molecule has 152 valence electrons. The van der Waals surface area contributed by atoms with Gasteiger partial charge in [-0.3, -0.25) is 0 Å². The molecule has 0 amide bonds. The van der Waals surface area contributed by atoms with Crippen molar-refractivity contribution in [1.82, 2.24) is 9.78 Å². The Kier molecular flexibility index (Phi) is 5.13. The van der Waals surface area contributed by atoms with E-state index in [1.54, 1.807) is 35.0 Å². The van der Waals surface area contributed by atoms with E-state index in [1.165, 1.54) is 12.1 Å². The first-order valence-electron chi connectivity index (χ1n) is 9.08. The summed E-state index contributed by atoms with van der Waals surface area (Å²) in [5, 5.41) is 29.0. The van der Waals surface area contributed by atoms with Gasteiger partial charge < -0.3 is 10.2 Å². The van der Waals surface area contributed by atoms with Crippen LogP contribution in [0, 0.1) is 0 Å².